The summed E-state index contributed by atoms with van der Waals surface area (Å²) in [5.74, 6) is 1.56. The van der Waals surface area contributed by atoms with Crippen molar-refractivity contribution in [3.63, 3.8) is 0 Å². The van der Waals surface area contributed by atoms with Gasteiger partial charge in [-0.3, -0.25) is 4.90 Å². The molecule has 0 spiro atoms. The number of methoxy groups -OCH3 is 1. The number of benzene rings is 1. The largest absolute Gasteiger partial charge is 0.494 e. The zero-order chi connectivity index (χ0) is 15.2. The Balaban J connectivity index is 2.08. The molecule has 1 N–H and O–H groups in total. The van der Waals surface area contributed by atoms with E-state index in [0.717, 1.165) is 43.1 Å². The van der Waals surface area contributed by atoms with Gasteiger partial charge in [-0.25, -0.2) is 0 Å². The van der Waals surface area contributed by atoms with Crippen molar-refractivity contribution in [2.24, 2.45) is 5.92 Å². The number of hydrogen-bond acceptors (Lipinski definition) is 4. The molecule has 1 aromatic rings. The maximum absolute atomic E-state index is 9.77. The fourth-order valence-electron chi connectivity index (χ4n) is 2.95. The minimum absolute atomic E-state index is 0.445. The van der Waals surface area contributed by atoms with Crippen LogP contribution in [0.15, 0.2) is 18.2 Å². The third-order valence-electron chi connectivity index (χ3n) is 4.03. The monoisotopic (exact) mass is 293 g/mol. The van der Waals surface area contributed by atoms with Gasteiger partial charge in [-0.2, -0.15) is 0 Å². The lowest BCUT2D eigenvalue weighted by Gasteiger charge is -2.19. The highest BCUT2D eigenvalue weighted by Gasteiger charge is 2.23. The first-order valence-corrected chi connectivity index (χ1v) is 7.79. The van der Waals surface area contributed by atoms with Gasteiger partial charge in [0.1, 0.15) is 5.75 Å². The summed E-state index contributed by atoms with van der Waals surface area (Å²) in [6, 6.07) is 5.99. The van der Waals surface area contributed by atoms with Crippen LogP contribution in [0.25, 0.3) is 0 Å². The van der Waals surface area contributed by atoms with E-state index in [2.05, 4.69) is 11.0 Å². The molecule has 1 aromatic carbocycles. The quantitative estimate of drug-likeness (QED) is 0.839. The van der Waals surface area contributed by atoms with Crippen LogP contribution in [0.5, 0.6) is 5.75 Å². The number of likely N-dealkylation sites (tertiary alicyclic amines) is 1. The zero-order valence-corrected chi connectivity index (χ0v) is 13.3. The molecular formula is C17H27NO3. The summed E-state index contributed by atoms with van der Waals surface area (Å²) >= 11 is 0. The smallest absolute Gasteiger partial charge is 0.123 e. The van der Waals surface area contributed by atoms with Gasteiger partial charge in [-0.05, 0) is 50.4 Å². The lowest BCUT2D eigenvalue weighted by atomic mass is 10.1. The number of hydrogen-bond donors (Lipinski definition) is 1. The second-order valence-electron chi connectivity index (χ2n) is 5.82. The molecule has 118 valence electrons. The van der Waals surface area contributed by atoms with Crippen LogP contribution in [0.2, 0.25) is 0 Å². The van der Waals surface area contributed by atoms with E-state index in [9.17, 15) is 5.11 Å². The first-order valence-electron chi connectivity index (χ1n) is 7.79. The fourth-order valence-corrected chi connectivity index (χ4v) is 2.95. The summed E-state index contributed by atoms with van der Waals surface area (Å²) in [6.07, 6.45) is 0.743. The summed E-state index contributed by atoms with van der Waals surface area (Å²) in [5.41, 5.74) is 2.11. The van der Waals surface area contributed by atoms with E-state index >= 15 is 0 Å². The lowest BCUT2D eigenvalue weighted by Crippen LogP contribution is -2.22. The summed E-state index contributed by atoms with van der Waals surface area (Å²) in [4.78, 5) is 2.44. The van der Waals surface area contributed by atoms with E-state index < -0.39 is 6.10 Å². The molecule has 0 aromatic heterocycles. The van der Waals surface area contributed by atoms with Crippen molar-refractivity contribution in [2.45, 2.75) is 32.9 Å². The van der Waals surface area contributed by atoms with Crippen molar-refractivity contribution >= 4 is 0 Å². The van der Waals surface area contributed by atoms with Crippen LogP contribution in [0.1, 0.15) is 37.5 Å². The minimum Gasteiger partial charge on any atom is -0.494 e. The molecule has 0 bridgehead atoms. The number of aliphatic hydroxyl groups excluding tert-OH is 1. The van der Waals surface area contributed by atoms with E-state index in [1.165, 1.54) is 6.42 Å². The molecule has 1 heterocycles. The standard InChI is InChI=1S/C17H27NO3/c1-4-21-17-6-5-15(13(2)19)9-16(17)11-18-8-7-14(10-18)12-20-3/h5-6,9,13-14,19H,4,7-8,10-12H2,1-3H3. The van der Waals surface area contributed by atoms with Gasteiger partial charge < -0.3 is 14.6 Å². The Hall–Kier alpha value is -1.10. The number of nitrogens with zero attached hydrogens (tertiary/aromatic N) is 1. The molecule has 4 heteroatoms. The molecule has 4 nitrogen and oxygen atoms in total. The van der Waals surface area contributed by atoms with Crippen LogP contribution < -0.4 is 4.74 Å². The SMILES string of the molecule is CCOc1ccc(C(C)O)cc1CN1CCC(COC)C1. The Morgan fingerprint density at radius 3 is 2.90 bits per heavy atom. The van der Waals surface area contributed by atoms with Crippen molar-refractivity contribution in [3.8, 4) is 5.75 Å². The number of aliphatic hydroxyl groups is 1. The summed E-state index contributed by atoms with van der Waals surface area (Å²) in [5, 5.41) is 9.77. The van der Waals surface area contributed by atoms with Gasteiger partial charge in [0.15, 0.2) is 0 Å². The zero-order valence-electron chi connectivity index (χ0n) is 13.3. The Morgan fingerprint density at radius 1 is 1.43 bits per heavy atom. The third-order valence-corrected chi connectivity index (χ3v) is 4.03. The average Bonchev–Trinajstić information content (AvgIpc) is 2.88. The van der Waals surface area contributed by atoms with E-state index in [0.29, 0.717) is 12.5 Å². The molecule has 2 rings (SSSR count). The Kier molecular flexibility index (Phi) is 6.03. The van der Waals surface area contributed by atoms with Gasteiger partial charge in [-0.1, -0.05) is 6.07 Å². The highest BCUT2D eigenvalue weighted by atomic mass is 16.5. The Labute approximate surface area is 127 Å². The van der Waals surface area contributed by atoms with Gasteiger partial charge >= 0.3 is 0 Å². The highest BCUT2D eigenvalue weighted by molar-refractivity contribution is 5.38. The first kappa shape index (κ1) is 16.3. The molecule has 1 saturated heterocycles. The maximum Gasteiger partial charge on any atom is 0.123 e. The maximum atomic E-state index is 9.77. The highest BCUT2D eigenvalue weighted by Crippen LogP contribution is 2.27. The van der Waals surface area contributed by atoms with Gasteiger partial charge in [-0.15, -0.1) is 0 Å². The van der Waals surface area contributed by atoms with Gasteiger partial charge in [0.05, 0.1) is 19.3 Å². The first-order chi connectivity index (χ1) is 10.1. The molecule has 1 aliphatic rings. The fraction of sp³-hybridized carbons (Fsp3) is 0.647. The Morgan fingerprint density at radius 2 is 2.24 bits per heavy atom. The van der Waals surface area contributed by atoms with Crippen LogP contribution in [0.3, 0.4) is 0 Å². The predicted molar refractivity (Wildman–Crippen MR) is 83.5 cm³/mol. The van der Waals surface area contributed by atoms with Crippen LogP contribution >= 0.6 is 0 Å². The molecule has 0 aliphatic carbocycles. The van der Waals surface area contributed by atoms with Crippen LogP contribution in [-0.2, 0) is 11.3 Å². The van der Waals surface area contributed by atoms with E-state index in [1.807, 2.05) is 19.1 Å². The van der Waals surface area contributed by atoms with Gasteiger partial charge in [0.2, 0.25) is 0 Å². The second kappa shape index (κ2) is 7.78. The molecule has 1 aliphatic heterocycles. The summed E-state index contributed by atoms with van der Waals surface area (Å²) < 4.78 is 11.0. The number of ether oxygens (including phenoxy) is 2. The van der Waals surface area contributed by atoms with Gasteiger partial charge in [0.25, 0.3) is 0 Å². The molecule has 1 fully saturated rings. The predicted octanol–water partition coefficient (Wildman–Crippen LogP) is 2.61. The van der Waals surface area contributed by atoms with Crippen LogP contribution in [-0.4, -0.2) is 43.4 Å². The second-order valence-corrected chi connectivity index (χ2v) is 5.82. The van der Waals surface area contributed by atoms with Crippen molar-refractivity contribution in [1.29, 1.82) is 0 Å². The molecule has 2 atom stereocenters. The van der Waals surface area contributed by atoms with Crippen molar-refractivity contribution in [3.05, 3.63) is 29.3 Å². The molecule has 0 amide bonds. The Bertz CT molecular complexity index is 448. The van der Waals surface area contributed by atoms with Crippen molar-refractivity contribution in [2.75, 3.05) is 33.4 Å². The molecule has 21 heavy (non-hydrogen) atoms. The van der Waals surface area contributed by atoms with Crippen molar-refractivity contribution < 1.29 is 14.6 Å². The van der Waals surface area contributed by atoms with Crippen molar-refractivity contribution in [1.82, 2.24) is 4.90 Å². The summed E-state index contributed by atoms with van der Waals surface area (Å²) in [6.45, 7) is 8.32. The normalized spacial score (nSPS) is 20.7. The number of rotatable bonds is 7. The molecule has 0 radical (unpaired) electrons. The molecule has 0 saturated carbocycles. The molecule has 2 unspecified atom stereocenters. The van der Waals surface area contributed by atoms with E-state index in [4.69, 9.17) is 9.47 Å². The lowest BCUT2D eigenvalue weighted by molar-refractivity contribution is 0.152. The minimum atomic E-state index is -0.445. The summed E-state index contributed by atoms with van der Waals surface area (Å²) in [7, 11) is 1.77. The van der Waals surface area contributed by atoms with Crippen LogP contribution in [0, 0.1) is 5.92 Å². The molecular weight excluding hydrogens is 266 g/mol. The average molecular weight is 293 g/mol. The topological polar surface area (TPSA) is 41.9 Å². The van der Waals surface area contributed by atoms with Crippen LogP contribution in [0.4, 0.5) is 0 Å². The van der Waals surface area contributed by atoms with E-state index in [1.54, 1.807) is 14.0 Å². The third kappa shape index (κ3) is 4.43. The van der Waals surface area contributed by atoms with E-state index in [-0.39, 0.29) is 0 Å². The van der Waals surface area contributed by atoms with Gasteiger partial charge in [0, 0.05) is 25.8 Å².